The van der Waals surface area contributed by atoms with E-state index in [2.05, 4.69) is 39.4 Å². The van der Waals surface area contributed by atoms with Crippen LogP contribution in [0.3, 0.4) is 0 Å². The lowest BCUT2D eigenvalue weighted by molar-refractivity contribution is 0.0600. The highest BCUT2D eigenvalue weighted by molar-refractivity contribution is 7.17. The minimum absolute atomic E-state index is 0.338. The highest BCUT2D eigenvalue weighted by Crippen LogP contribution is 2.33. The SMILES string of the molecule is COCCCCCCCN1CCC(c2ccc(-c3nnc(-c4ccc(C(=O)OC)cc4)s3)cc2)CC1. The Morgan fingerprint density at radius 1 is 0.861 bits per heavy atom. The number of likely N-dealkylation sites (tertiary alicyclic amines) is 1. The summed E-state index contributed by atoms with van der Waals surface area (Å²) in [5, 5.41) is 10.5. The highest BCUT2D eigenvalue weighted by atomic mass is 32.1. The largest absolute Gasteiger partial charge is 0.465 e. The molecule has 2 heterocycles. The van der Waals surface area contributed by atoms with E-state index in [0.29, 0.717) is 11.5 Å². The number of ether oxygens (including phenoxy) is 2. The molecule has 36 heavy (non-hydrogen) atoms. The number of esters is 1. The fraction of sp³-hybridized carbons (Fsp3) is 0.483. The van der Waals surface area contributed by atoms with Crippen molar-refractivity contribution < 1.29 is 14.3 Å². The molecule has 0 amide bonds. The van der Waals surface area contributed by atoms with Crippen molar-refractivity contribution in [3.63, 3.8) is 0 Å². The third kappa shape index (κ3) is 7.21. The molecule has 0 bridgehead atoms. The molecule has 0 saturated carbocycles. The first-order valence-electron chi connectivity index (χ1n) is 13.0. The number of methoxy groups -OCH3 is 2. The maximum atomic E-state index is 11.6. The molecule has 0 aliphatic carbocycles. The van der Waals surface area contributed by atoms with E-state index in [0.717, 1.165) is 27.7 Å². The van der Waals surface area contributed by atoms with E-state index in [-0.39, 0.29) is 5.97 Å². The number of aromatic nitrogens is 2. The van der Waals surface area contributed by atoms with Crippen molar-refractivity contribution in [3.8, 4) is 21.1 Å². The first kappa shape index (κ1) is 26.5. The summed E-state index contributed by atoms with van der Waals surface area (Å²) in [6, 6.07) is 16.2. The van der Waals surface area contributed by atoms with Gasteiger partial charge < -0.3 is 14.4 Å². The Hall–Kier alpha value is -2.61. The van der Waals surface area contributed by atoms with Crippen molar-refractivity contribution in [2.45, 2.75) is 50.9 Å². The summed E-state index contributed by atoms with van der Waals surface area (Å²) in [7, 11) is 3.17. The Balaban J connectivity index is 1.25. The monoisotopic (exact) mass is 507 g/mol. The number of carbonyl (C=O) groups excluding carboxylic acids is 1. The van der Waals surface area contributed by atoms with Crippen LogP contribution in [0.5, 0.6) is 0 Å². The standard InChI is InChI=1S/C29H37N3O3S/c1-34-21-7-5-3-4-6-18-32-19-16-23(17-20-32)22-8-10-24(11-9-22)27-30-31-28(36-27)25-12-14-26(15-13-25)29(33)35-2/h8-15,23H,3-7,16-21H2,1-2H3. The summed E-state index contributed by atoms with van der Waals surface area (Å²) >= 11 is 1.56. The van der Waals surface area contributed by atoms with Crippen LogP contribution >= 0.6 is 11.3 Å². The van der Waals surface area contributed by atoms with Gasteiger partial charge in [0.25, 0.3) is 0 Å². The first-order valence-corrected chi connectivity index (χ1v) is 13.8. The van der Waals surface area contributed by atoms with Gasteiger partial charge in [-0.2, -0.15) is 0 Å². The molecule has 192 valence electrons. The predicted octanol–water partition coefficient (Wildman–Crippen LogP) is 6.44. The number of piperidine rings is 1. The molecule has 1 fully saturated rings. The molecule has 1 saturated heterocycles. The topological polar surface area (TPSA) is 64.5 Å². The van der Waals surface area contributed by atoms with Crippen molar-refractivity contribution in [2.24, 2.45) is 0 Å². The zero-order valence-electron chi connectivity index (χ0n) is 21.4. The summed E-state index contributed by atoms with van der Waals surface area (Å²) in [6.45, 7) is 4.53. The second-order valence-electron chi connectivity index (χ2n) is 9.48. The smallest absolute Gasteiger partial charge is 0.337 e. The van der Waals surface area contributed by atoms with Gasteiger partial charge in [-0.15, -0.1) is 10.2 Å². The van der Waals surface area contributed by atoms with E-state index in [1.165, 1.54) is 77.3 Å². The number of rotatable bonds is 12. The van der Waals surface area contributed by atoms with Crippen molar-refractivity contribution in [1.29, 1.82) is 0 Å². The first-order chi connectivity index (χ1) is 17.7. The minimum Gasteiger partial charge on any atom is -0.465 e. The second-order valence-corrected chi connectivity index (χ2v) is 10.5. The summed E-state index contributed by atoms with van der Waals surface area (Å²) in [5.74, 6) is 0.303. The number of benzene rings is 2. The number of unbranched alkanes of at least 4 members (excludes halogenated alkanes) is 4. The van der Waals surface area contributed by atoms with E-state index in [9.17, 15) is 4.79 Å². The second kappa shape index (κ2) is 13.6. The van der Waals surface area contributed by atoms with E-state index < -0.39 is 0 Å². The van der Waals surface area contributed by atoms with Gasteiger partial charge in [-0.3, -0.25) is 0 Å². The number of hydrogen-bond donors (Lipinski definition) is 0. The lowest BCUT2D eigenvalue weighted by Crippen LogP contribution is -2.33. The van der Waals surface area contributed by atoms with Crippen LogP contribution in [-0.2, 0) is 9.47 Å². The molecule has 0 N–H and O–H groups in total. The summed E-state index contributed by atoms with van der Waals surface area (Å²) in [4.78, 5) is 14.3. The number of hydrogen-bond acceptors (Lipinski definition) is 7. The minimum atomic E-state index is -0.338. The van der Waals surface area contributed by atoms with Gasteiger partial charge in [0.05, 0.1) is 12.7 Å². The van der Waals surface area contributed by atoms with Crippen LogP contribution in [0.15, 0.2) is 48.5 Å². The fourth-order valence-electron chi connectivity index (χ4n) is 4.82. The molecule has 0 atom stereocenters. The Morgan fingerprint density at radius 2 is 1.44 bits per heavy atom. The maximum absolute atomic E-state index is 11.6. The van der Waals surface area contributed by atoms with Crippen molar-refractivity contribution >= 4 is 17.3 Å². The predicted molar refractivity (Wildman–Crippen MR) is 145 cm³/mol. The van der Waals surface area contributed by atoms with Crippen LogP contribution in [0.2, 0.25) is 0 Å². The zero-order valence-corrected chi connectivity index (χ0v) is 22.3. The molecule has 2 aromatic carbocycles. The quantitative estimate of drug-likeness (QED) is 0.208. The molecule has 3 aromatic rings. The van der Waals surface area contributed by atoms with Gasteiger partial charge in [0.15, 0.2) is 0 Å². The van der Waals surface area contributed by atoms with E-state index in [1.54, 1.807) is 30.6 Å². The Labute approximate surface area is 218 Å². The fourth-order valence-corrected chi connectivity index (χ4v) is 5.68. The van der Waals surface area contributed by atoms with Gasteiger partial charge in [0, 0.05) is 24.8 Å². The van der Waals surface area contributed by atoms with E-state index in [1.807, 2.05) is 12.1 Å². The van der Waals surface area contributed by atoms with Crippen LogP contribution in [-0.4, -0.2) is 61.5 Å². The Bertz CT molecular complexity index is 1070. The molecular weight excluding hydrogens is 470 g/mol. The normalized spacial score (nSPS) is 14.7. The van der Waals surface area contributed by atoms with Gasteiger partial charge in [-0.25, -0.2) is 4.79 Å². The molecule has 0 spiro atoms. The third-order valence-electron chi connectivity index (χ3n) is 7.02. The zero-order chi connectivity index (χ0) is 25.2. The summed E-state index contributed by atoms with van der Waals surface area (Å²) < 4.78 is 9.89. The molecular formula is C29H37N3O3S. The van der Waals surface area contributed by atoms with Gasteiger partial charge in [-0.05, 0) is 68.9 Å². The van der Waals surface area contributed by atoms with Gasteiger partial charge in [0.1, 0.15) is 10.0 Å². The average Bonchev–Trinajstić information content (AvgIpc) is 3.43. The van der Waals surface area contributed by atoms with Crippen LogP contribution in [0.1, 0.15) is 66.8 Å². The van der Waals surface area contributed by atoms with Gasteiger partial charge >= 0.3 is 5.97 Å². The highest BCUT2D eigenvalue weighted by Gasteiger charge is 2.20. The molecule has 4 rings (SSSR count). The van der Waals surface area contributed by atoms with Crippen LogP contribution in [0.25, 0.3) is 21.1 Å². The molecule has 0 unspecified atom stereocenters. The van der Waals surface area contributed by atoms with Crippen LogP contribution in [0.4, 0.5) is 0 Å². The third-order valence-corrected chi connectivity index (χ3v) is 8.04. The number of carbonyl (C=O) groups is 1. The maximum Gasteiger partial charge on any atom is 0.337 e. The molecule has 0 radical (unpaired) electrons. The molecule has 6 nitrogen and oxygen atoms in total. The van der Waals surface area contributed by atoms with E-state index in [4.69, 9.17) is 9.47 Å². The Kier molecular flexibility index (Phi) is 10.0. The average molecular weight is 508 g/mol. The molecule has 1 aromatic heterocycles. The summed E-state index contributed by atoms with van der Waals surface area (Å²) in [6.07, 6.45) is 8.91. The lowest BCUT2D eigenvalue weighted by Gasteiger charge is -2.32. The molecule has 7 heteroatoms. The summed E-state index contributed by atoms with van der Waals surface area (Å²) in [5.41, 5.74) is 4.00. The lowest BCUT2D eigenvalue weighted by atomic mass is 9.89. The van der Waals surface area contributed by atoms with Crippen molar-refractivity contribution in [1.82, 2.24) is 15.1 Å². The van der Waals surface area contributed by atoms with Crippen molar-refractivity contribution in [3.05, 3.63) is 59.7 Å². The number of nitrogens with zero attached hydrogens (tertiary/aromatic N) is 3. The van der Waals surface area contributed by atoms with E-state index >= 15 is 0 Å². The van der Waals surface area contributed by atoms with Crippen molar-refractivity contribution in [2.75, 3.05) is 40.5 Å². The molecule has 1 aliphatic heterocycles. The molecule has 1 aliphatic rings. The van der Waals surface area contributed by atoms with Crippen LogP contribution in [0, 0.1) is 0 Å². The van der Waals surface area contributed by atoms with Gasteiger partial charge in [-0.1, -0.05) is 67.0 Å². The Morgan fingerprint density at radius 3 is 2.06 bits per heavy atom. The van der Waals surface area contributed by atoms with Crippen LogP contribution < -0.4 is 0 Å². The van der Waals surface area contributed by atoms with Gasteiger partial charge in [0.2, 0.25) is 0 Å².